The first-order valence-corrected chi connectivity index (χ1v) is 10.4. The molecule has 0 N–H and O–H groups in total. The molecule has 1 heterocycles. The summed E-state index contributed by atoms with van der Waals surface area (Å²) in [5.74, 6) is -0.350. The normalized spacial score (nSPS) is 15.6. The number of thioether (sulfide) groups is 1. The highest BCUT2D eigenvalue weighted by atomic mass is 32.2. The SMILES string of the molecule is COC(=O)C(Sc1nc2ccccc2c(=O)n1C1CCCC1)c1ccccc1. The Morgan fingerprint density at radius 1 is 1.11 bits per heavy atom. The molecule has 0 amide bonds. The van der Waals surface area contributed by atoms with Gasteiger partial charge in [0.15, 0.2) is 5.16 Å². The number of para-hydroxylation sites is 1. The van der Waals surface area contributed by atoms with Crippen molar-refractivity contribution in [2.24, 2.45) is 0 Å². The molecule has 0 radical (unpaired) electrons. The van der Waals surface area contributed by atoms with Crippen LogP contribution in [0.2, 0.25) is 0 Å². The molecule has 2 aromatic carbocycles. The van der Waals surface area contributed by atoms with Crippen LogP contribution in [0, 0.1) is 0 Å². The lowest BCUT2D eigenvalue weighted by molar-refractivity contribution is -0.140. The first-order valence-electron chi connectivity index (χ1n) is 9.49. The first kappa shape index (κ1) is 18.7. The highest BCUT2D eigenvalue weighted by Gasteiger charge is 2.28. The first-order chi connectivity index (χ1) is 13.7. The number of nitrogens with zero attached hydrogens (tertiary/aromatic N) is 2. The van der Waals surface area contributed by atoms with Crippen molar-refractivity contribution in [1.82, 2.24) is 9.55 Å². The van der Waals surface area contributed by atoms with Crippen LogP contribution >= 0.6 is 11.8 Å². The molecule has 1 fully saturated rings. The molecule has 1 aliphatic rings. The van der Waals surface area contributed by atoms with Gasteiger partial charge in [0.2, 0.25) is 0 Å². The van der Waals surface area contributed by atoms with Crippen molar-refractivity contribution in [3.8, 4) is 0 Å². The maximum atomic E-state index is 13.3. The molecule has 0 aliphatic heterocycles. The van der Waals surface area contributed by atoms with Gasteiger partial charge in [0, 0.05) is 6.04 Å². The van der Waals surface area contributed by atoms with Gasteiger partial charge in [-0.15, -0.1) is 0 Å². The maximum absolute atomic E-state index is 13.3. The number of fused-ring (bicyclic) bond motifs is 1. The summed E-state index contributed by atoms with van der Waals surface area (Å²) in [6.07, 6.45) is 4.13. The third-order valence-corrected chi connectivity index (χ3v) is 6.41. The van der Waals surface area contributed by atoms with Crippen molar-refractivity contribution < 1.29 is 9.53 Å². The van der Waals surface area contributed by atoms with Gasteiger partial charge in [-0.3, -0.25) is 14.2 Å². The van der Waals surface area contributed by atoms with E-state index in [0.717, 1.165) is 31.2 Å². The fraction of sp³-hybridized carbons (Fsp3) is 0.318. The summed E-state index contributed by atoms with van der Waals surface area (Å²) in [6, 6.07) is 17.0. The lowest BCUT2D eigenvalue weighted by Gasteiger charge is -2.21. The van der Waals surface area contributed by atoms with E-state index in [-0.39, 0.29) is 17.6 Å². The molecule has 1 aliphatic carbocycles. The molecule has 5 nitrogen and oxygen atoms in total. The Balaban J connectivity index is 1.85. The zero-order chi connectivity index (χ0) is 19.5. The van der Waals surface area contributed by atoms with Crippen molar-refractivity contribution in [3.63, 3.8) is 0 Å². The molecule has 3 aromatic rings. The molecule has 4 rings (SSSR count). The largest absolute Gasteiger partial charge is 0.468 e. The van der Waals surface area contributed by atoms with E-state index in [1.54, 1.807) is 4.57 Å². The molecule has 0 bridgehead atoms. The third-order valence-electron chi connectivity index (χ3n) is 5.21. The van der Waals surface area contributed by atoms with E-state index in [0.29, 0.717) is 16.1 Å². The number of hydrogen-bond donors (Lipinski definition) is 0. The zero-order valence-corrected chi connectivity index (χ0v) is 16.5. The van der Waals surface area contributed by atoms with Crippen molar-refractivity contribution in [2.45, 2.75) is 42.1 Å². The summed E-state index contributed by atoms with van der Waals surface area (Å²) in [5, 5.41) is 0.620. The van der Waals surface area contributed by atoms with Gasteiger partial charge in [-0.1, -0.05) is 67.1 Å². The third kappa shape index (κ3) is 3.56. The Labute approximate surface area is 167 Å². The number of ether oxygens (including phenoxy) is 1. The van der Waals surface area contributed by atoms with Gasteiger partial charge < -0.3 is 4.74 Å². The summed E-state index contributed by atoms with van der Waals surface area (Å²) in [7, 11) is 1.39. The molecule has 28 heavy (non-hydrogen) atoms. The lowest BCUT2D eigenvalue weighted by Crippen LogP contribution is -2.27. The molecule has 0 spiro atoms. The van der Waals surface area contributed by atoms with E-state index >= 15 is 0 Å². The van der Waals surface area contributed by atoms with Crippen molar-refractivity contribution in [3.05, 3.63) is 70.5 Å². The predicted molar refractivity (Wildman–Crippen MR) is 111 cm³/mol. The van der Waals surface area contributed by atoms with Crippen LogP contribution in [0.4, 0.5) is 0 Å². The van der Waals surface area contributed by atoms with Crippen molar-refractivity contribution in [2.75, 3.05) is 7.11 Å². The Morgan fingerprint density at radius 2 is 1.79 bits per heavy atom. The number of carbonyl (C=O) groups is 1. The standard InChI is InChI=1S/C22H22N2O3S/c1-27-21(26)19(15-9-3-2-4-10-15)28-22-23-18-14-8-7-13-17(18)20(25)24(22)16-11-5-6-12-16/h2-4,7-10,13-14,16,19H,5-6,11-12H2,1H3. The minimum Gasteiger partial charge on any atom is -0.468 e. The van der Waals surface area contributed by atoms with E-state index < -0.39 is 5.25 Å². The fourth-order valence-corrected chi connectivity index (χ4v) is 4.98. The molecule has 1 saturated carbocycles. The van der Waals surface area contributed by atoms with E-state index in [4.69, 9.17) is 9.72 Å². The van der Waals surface area contributed by atoms with Crippen LogP contribution in [0.5, 0.6) is 0 Å². The molecule has 144 valence electrons. The number of rotatable bonds is 5. The van der Waals surface area contributed by atoms with Crippen LogP contribution in [-0.4, -0.2) is 22.6 Å². The van der Waals surface area contributed by atoms with Crippen LogP contribution in [-0.2, 0) is 9.53 Å². The summed E-state index contributed by atoms with van der Waals surface area (Å²) < 4.78 is 6.85. The van der Waals surface area contributed by atoms with E-state index in [9.17, 15) is 9.59 Å². The summed E-state index contributed by atoms with van der Waals surface area (Å²) >= 11 is 1.29. The number of hydrogen-bond acceptors (Lipinski definition) is 5. The second-order valence-electron chi connectivity index (χ2n) is 6.96. The zero-order valence-electron chi connectivity index (χ0n) is 15.7. The van der Waals surface area contributed by atoms with Gasteiger partial charge in [0.25, 0.3) is 5.56 Å². The van der Waals surface area contributed by atoms with Crippen LogP contribution in [0.3, 0.4) is 0 Å². The number of methoxy groups -OCH3 is 1. The van der Waals surface area contributed by atoms with Crippen LogP contribution in [0.25, 0.3) is 10.9 Å². The highest BCUT2D eigenvalue weighted by Crippen LogP contribution is 2.38. The summed E-state index contributed by atoms with van der Waals surface area (Å²) in [5.41, 5.74) is 1.46. The number of carbonyl (C=O) groups excluding carboxylic acids is 1. The van der Waals surface area contributed by atoms with Gasteiger partial charge >= 0.3 is 5.97 Å². The van der Waals surface area contributed by atoms with Crippen LogP contribution < -0.4 is 5.56 Å². The lowest BCUT2D eigenvalue weighted by atomic mass is 10.1. The minimum atomic E-state index is -0.577. The van der Waals surface area contributed by atoms with Gasteiger partial charge in [0.1, 0.15) is 5.25 Å². The molecule has 6 heteroatoms. The molecule has 1 aromatic heterocycles. The molecule has 0 saturated heterocycles. The Morgan fingerprint density at radius 3 is 2.50 bits per heavy atom. The van der Waals surface area contributed by atoms with Crippen molar-refractivity contribution in [1.29, 1.82) is 0 Å². The smallest absolute Gasteiger partial charge is 0.323 e. The molecule has 1 atom stereocenters. The highest BCUT2D eigenvalue weighted by molar-refractivity contribution is 8.00. The molecular weight excluding hydrogens is 372 g/mol. The monoisotopic (exact) mass is 394 g/mol. The average Bonchev–Trinajstić information content (AvgIpc) is 3.26. The second-order valence-corrected chi connectivity index (χ2v) is 8.03. The average molecular weight is 394 g/mol. The fourth-order valence-electron chi connectivity index (χ4n) is 3.79. The quantitative estimate of drug-likeness (QED) is 0.362. The number of esters is 1. The summed E-state index contributed by atoms with van der Waals surface area (Å²) in [4.78, 5) is 30.6. The van der Waals surface area contributed by atoms with Gasteiger partial charge in [-0.2, -0.15) is 0 Å². The molecule has 1 unspecified atom stereocenters. The minimum absolute atomic E-state index is 0.0309. The van der Waals surface area contributed by atoms with Crippen LogP contribution in [0.15, 0.2) is 64.5 Å². The van der Waals surface area contributed by atoms with Gasteiger partial charge in [0.05, 0.1) is 18.0 Å². The van der Waals surface area contributed by atoms with Crippen LogP contribution in [0.1, 0.15) is 42.5 Å². The van der Waals surface area contributed by atoms with Crippen molar-refractivity contribution >= 4 is 28.6 Å². The Kier molecular flexibility index (Phi) is 5.48. The van der Waals surface area contributed by atoms with Gasteiger partial charge in [-0.05, 0) is 30.5 Å². The van der Waals surface area contributed by atoms with E-state index in [2.05, 4.69) is 0 Å². The predicted octanol–water partition coefficient (Wildman–Crippen LogP) is 4.52. The maximum Gasteiger partial charge on any atom is 0.323 e. The van der Waals surface area contributed by atoms with E-state index in [1.807, 2.05) is 54.6 Å². The second kappa shape index (κ2) is 8.19. The molecular formula is C22H22N2O3S. The Bertz CT molecular complexity index is 1040. The number of aromatic nitrogens is 2. The van der Waals surface area contributed by atoms with E-state index in [1.165, 1.54) is 18.9 Å². The number of benzene rings is 2. The van der Waals surface area contributed by atoms with Gasteiger partial charge in [-0.25, -0.2) is 4.98 Å². The topological polar surface area (TPSA) is 61.2 Å². The Hall–Kier alpha value is -2.60. The summed E-state index contributed by atoms with van der Waals surface area (Å²) in [6.45, 7) is 0.